The third kappa shape index (κ3) is 2.37. The van der Waals surface area contributed by atoms with Crippen molar-refractivity contribution >= 4 is 22.4 Å². The van der Waals surface area contributed by atoms with Crippen LogP contribution in [0.5, 0.6) is 0 Å². The lowest BCUT2D eigenvalue weighted by Crippen LogP contribution is -2.32. The normalized spacial score (nSPS) is 12.3. The van der Waals surface area contributed by atoms with Gasteiger partial charge in [0.05, 0.1) is 6.61 Å². The maximum atomic E-state index is 10.8. The van der Waals surface area contributed by atoms with Crippen LogP contribution in [0, 0.1) is 0 Å². The second-order valence-corrected chi connectivity index (χ2v) is 3.74. The Morgan fingerprint density at radius 1 is 1.18 bits per heavy atom. The Labute approximate surface area is 98.5 Å². The molecule has 0 saturated heterocycles. The van der Waals surface area contributed by atoms with Crippen LogP contribution in [0.25, 0.3) is 10.8 Å². The van der Waals surface area contributed by atoms with Gasteiger partial charge in [0.25, 0.3) is 0 Å². The Bertz CT molecular complexity index is 534. The van der Waals surface area contributed by atoms with E-state index in [2.05, 4.69) is 5.32 Å². The summed E-state index contributed by atoms with van der Waals surface area (Å²) >= 11 is 0. The highest BCUT2D eigenvalue weighted by Crippen LogP contribution is 2.23. The molecule has 0 heterocycles. The smallest absolute Gasteiger partial charge is 0.328 e. The molecule has 0 radical (unpaired) electrons. The van der Waals surface area contributed by atoms with Crippen LogP contribution >= 0.6 is 0 Å². The van der Waals surface area contributed by atoms with E-state index in [9.17, 15) is 4.79 Å². The molecule has 2 aromatic rings. The van der Waals surface area contributed by atoms with Crippen molar-refractivity contribution in [3.8, 4) is 0 Å². The molecule has 0 saturated carbocycles. The quantitative estimate of drug-likeness (QED) is 0.749. The van der Waals surface area contributed by atoms with Gasteiger partial charge in [-0.3, -0.25) is 0 Å². The van der Waals surface area contributed by atoms with E-state index in [1.807, 2.05) is 36.4 Å². The second-order valence-electron chi connectivity index (χ2n) is 3.74. The van der Waals surface area contributed by atoms with E-state index in [4.69, 9.17) is 10.2 Å². The monoisotopic (exact) mass is 231 g/mol. The molecule has 88 valence electrons. The minimum Gasteiger partial charge on any atom is -0.480 e. The lowest BCUT2D eigenvalue weighted by atomic mass is 10.1. The molecule has 3 N–H and O–H groups in total. The number of anilines is 1. The van der Waals surface area contributed by atoms with Crippen molar-refractivity contribution in [2.24, 2.45) is 0 Å². The number of aliphatic carboxylic acids is 1. The van der Waals surface area contributed by atoms with Gasteiger partial charge in [0.2, 0.25) is 0 Å². The van der Waals surface area contributed by atoms with Crippen LogP contribution in [0.3, 0.4) is 0 Å². The highest BCUT2D eigenvalue weighted by Gasteiger charge is 2.16. The first-order valence-corrected chi connectivity index (χ1v) is 5.30. The minimum absolute atomic E-state index is 0.446. The molecule has 0 bridgehead atoms. The highest BCUT2D eigenvalue weighted by molar-refractivity contribution is 5.95. The summed E-state index contributed by atoms with van der Waals surface area (Å²) in [5.74, 6) is -1.07. The van der Waals surface area contributed by atoms with Crippen LogP contribution in [0.2, 0.25) is 0 Å². The highest BCUT2D eigenvalue weighted by atomic mass is 16.4. The predicted molar refractivity (Wildman–Crippen MR) is 66.1 cm³/mol. The molecule has 2 rings (SSSR count). The van der Waals surface area contributed by atoms with E-state index >= 15 is 0 Å². The Morgan fingerprint density at radius 3 is 2.59 bits per heavy atom. The molecule has 0 aliphatic rings. The van der Waals surface area contributed by atoms with Gasteiger partial charge in [-0.15, -0.1) is 0 Å². The van der Waals surface area contributed by atoms with Crippen molar-refractivity contribution in [3.63, 3.8) is 0 Å². The molecule has 4 heteroatoms. The number of hydrogen-bond acceptors (Lipinski definition) is 3. The summed E-state index contributed by atoms with van der Waals surface area (Å²) in [5, 5.41) is 22.7. The van der Waals surface area contributed by atoms with Crippen LogP contribution < -0.4 is 5.32 Å². The van der Waals surface area contributed by atoms with Crippen molar-refractivity contribution in [2.75, 3.05) is 11.9 Å². The first kappa shape index (κ1) is 11.4. The van der Waals surface area contributed by atoms with Gasteiger partial charge in [-0.2, -0.15) is 0 Å². The molecule has 1 atom stereocenters. The molecule has 0 aromatic heterocycles. The fourth-order valence-corrected chi connectivity index (χ4v) is 1.72. The molecule has 0 spiro atoms. The maximum Gasteiger partial charge on any atom is 0.328 e. The van der Waals surface area contributed by atoms with Crippen LogP contribution in [-0.2, 0) is 4.79 Å². The Morgan fingerprint density at radius 2 is 1.88 bits per heavy atom. The van der Waals surface area contributed by atoms with Crippen molar-refractivity contribution in [1.82, 2.24) is 0 Å². The SMILES string of the molecule is O=C(O)C(CO)Nc1cccc2ccccc12. The van der Waals surface area contributed by atoms with E-state index in [0.717, 1.165) is 10.8 Å². The summed E-state index contributed by atoms with van der Waals surface area (Å²) in [7, 11) is 0. The largest absolute Gasteiger partial charge is 0.480 e. The summed E-state index contributed by atoms with van der Waals surface area (Å²) in [5.41, 5.74) is 0.713. The topological polar surface area (TPSA) is 69.6 Å². The minimum atomic E-state index is -1.07. The maximum absolute atomic E-state index is 10.8. The Kier molecular flexibility index (Phi) is 3.25. The standard InChI is InChI=1S/C13H13NO3/c15-8-12(13(16)17)14-11-7-3-5-9-4-1-2-6-10(9)11/h1-7,12,14-15H,8H2,(H,16,17). The Hall–Kier alpha value is -2.07. The van der Waals surface area contributed by atoms with Crippen molar-refractivity contribution in [1.29, 1.82) is 0 Å². The number of hydrogen-bond donors (Lipinski definition) is 3. The molecule has 17 heavy (non-hydrogen) atoms. The zero-order chi connectivity index (χ0) is 12.3. The van der Waals surface area contributed by atoms with E-state index in [1.54, 1.807) is 6.07 Å². The van der Waals surface area contributed by atoms with Crippen molar-refractivity contribution in [3.05, 3.63) is 42.5 Å². The molecule has 0 fully saturated rings. The predicted octanol–water partition coefficient (Wildman–Crippen LogP) is 1.70. The number of benzene rings is 2. The van der Waals surface area contributed by atoms with Crippen LogP contribution in [-0.4, -0.2) is 28.8 Å². The van der Waals surface area contributed by atoms with Gasteiger partial charge >= 0.3 is 5.97 Å². The first-order chi connectivity index (χ1) is 8.22. The first-order valence-electron chi connectivity index (χ1n) is 5.30. The molecule has 2 aromatic carbocycles. The van der Waals surface area contributed by atoms with Crippen LogP contribution in [0.4, 0.5) is 5.69 Å². The lowest BCUT2D eigenvalue weighted by Gasteiger charge is -2.14. The summed E-state index contributed by atoms with van der Waals surface area (Å²) in [4.78, 5) is 10.8. The number of fused-ring (bicyclic) bond motifs is 1. The third-order valence-corrected chi connectivity index (χ3v) is 2.60. The number of aliphatic hydroxyl groups excluding tert-OH is 1. The molecular formula is C13H13NO3. The van der Waals surface area contributed by atoms with Gasteiger partial charge in [-0.25, -0.2) is 4.79 Å². The average molecular weight is 231 g/mol. The van der Waals surface area contributed by atoms with E-state index in [0.29, 0.717) is 5.69 Å². The van der Waals surface area contributed by atoms with Crippen LogP contribution in [0.15, 0.2) is 42.5 Å². The number of nitrogens with one attached hydrogen (secondary N) is 1. The Balaban J connectivity index is 2.38. The number of carboxylic acids is 1. The third-order valence-electron chi connectivity index (χ3n) is 2.60. The van der Waals surface area contributed by atoms with Gasteiger partial charge in [0.1, 0.15) is 6.04 Å². The molecule has 0 aliphatic carbocycles. The number of aliphatic hydroxyl groups is 1. The van der Waals surface area contributed by atoms with Gasteiger partial charge in [-0.1, -0.05) is 36.4 Å². The summed E-state index contributed by atoms with van der Waals surface area (Å²) in [6.07, 6.45) is 0. The molecule has 1 unspecified atom stereocenters. The summed E-state index contributed by atoms with van der Waals surface area (Å²) in [6, 6.07) is 12.3. The van der Waals surface area contributed by atoms with Gasteiger partial charge in [0.15, 0.2) is 0 Å². The zero-order valence-electron chi connectivity index (χ0n) is 9.13. The molecule has 0 amide bonds. The van der Waals surface area contributed by atoms with Crippen molar-refractivity contribution < 1.29 is 15.0 Å². The number of carbonyl (C=O) groups is 1. The number of rotatable bonds is 4. The fraction of sp³-hybridized carbons (Fsp3) is 0.154. The lowest BCUT2D eigenvalue weighted by molar-refractivity contribution is -0.138. The molecule has 4 nitrogen and oxygen atoms in total. The van der Waals surface area contributed by atoms with E-state index in [-0.39, 0.29) is 0 Å². The van der Waals surface area contributed by atoms with E-state index < -0.39 is 18.6 Å². The van der Waals surface area contributed by atoms with Gasteiger partial charge in [0, 0.05) is 11.1 Å². The number of carboxylic acid groups (broad SMARTS) is 1. The van der Waals surface area contributed by atoms with Gasteiger partial charge in [-0.05, 0) is 11.5 Å². The molecule has 0 aliphatic heterocycles. The van der Waals surface area contributed by atoms with Crippen molar-refractivity contribution in [2.45, 2.75) is 6.04 Å². The fourth-order valence-electron chi connectivity index (χ4n) is 1.72. The van der Waals surface area contributed by atoms with Crippen LogP contribution in [0.1, 0.15) is 0 Å². The van der Waals surface area contributed by atoms with Gasteiger partial charge < -0.3 is 15.5 Å². The second kappa shape index (κ2) is 4.84. The average Bonchev–Trinajstić information content (AvgIpc) is 2.35. The summed E-state index contributed by atoms with van der Waals surface area (Å²) in [6.45, 7) is -0.446. The zero-order valence-corrected chi connectivity index (χ0v) is 9.13. The van der Waals surface area contributed by atoms with E-state index in [1.165, 1.54) is 0 Å². The molecular weight excluding hydrogens is 218 g/mol. The summed E-state index contributed by atoms with van der Waals surface area (Å²) < 4.78 is 0.